The first-order chi connectivity index (χ1) is 14.1. The van der Waals surface area contributed by atoms with Crippen molar-refractivity contribution in [2.45, 2.75) is 58.6 Å². The molecular weight excluding hydrogens is 370 g/mol. The van der Waals surface area contributed by atoms with Gasteiger partial charge in [0.1, 0.15) is 11.9 Å². The number of carbonyl (C=O) groups is 1. The smallest absolute Gasteiger partial charge is 0.305 e. The topological polar surface area (TPSA) is 81.2 Å². The number of unbranched alkanes of at least 4 members (excludes halogenated alkanes) is 2. The Bertz CT molecular complexity index is 657. The number of aryl methyl sites for hydroxylation is 1. The Morgan fingerprint density at radius 3 is 2.86 bits per heavy atom. The molecule has 1 saturated heterocycles. The molecule has 1 heterocycles. The summed E-state index contributed by atoms with van der Waals surface area (Å²) in [5.41, 5.74) is 2.24. The molecule has 7 nitrogen and oxygen atoms in total. The highest BCUT2D eigenvalue weighted by atomic mass is 16.5. The van der Waals surface area contributed by atoms with Crippen LogP contribution < -0.4 is 15.4 Å². The minimum Gasteiger partial charge on any atom is -0.488 e. The summed E-state index contributed by atoms with van der Waals surface area (Å²) >= 11 is 0. The molecule has 0 aliphatic carbocycles. The van der Waals surface area contributed by atoms with Gasteiger partial charge in [0.25, 0.3) is 0 Å². The Morgan fingerprint density at radius 1 is 1.28 bits per heavy atom. The Labute approximate surface area is 174 Å². The van der Waals surface area contributed by atoms with Gasteiger partial charge in [0.2, 0.25) is 0 Å². The molecule has 0 saturated carbocycles. The maximum Gasteiger partial charge on any atom is 0.305 e. The van der Waals surface area contributed by atoms with Crippen molar-refractivity contribution < 1.29 is 19.0 Å². The second-order valence-corrected chi connectivity index (χ2v) is 7.22. The highest BCUT2D eigenvalue weighted by Gasteiger charge is 2.18. The minimum absolute atomic E-state index is 0.121. The maximum atomic E-state index is 11.1. The van der Waals surface area contributed by atoms with Gasteiger partial charge in [-0.3, -0.25) is 4.79 Å². The molecule has 0 bridgehead atoms. The van der Waals surface area contributed by atoms with Crippen molar-refractivity contribution in [2.24, 2.45) is 4.99 Å². The largest absolute Gasteiger partial charge is 0.488 e. The fourth-order valence-electron chi connectivity index (χ4n) is 3.07. The van der Waals surface area contributed by atoms with E-state index in [4.69, 9.17) is 14.5 Å². The van der Waals surface area contributed by atoms with Crippen molar-refractivity contribution in [1.82, 2.24) is 10.6 Å². The summed E-state index contributed by atoms with van der Waals surface area (Å²) in [5, 5.41) is 6.64. The second-order valence-electron chi connectivity index (χ2n) is 7.22. The Morgan fingerprint density at radius 2 is 2.14 bits per heavy atom. The molecule has 0 radical (unpaired) electrons. The molecule has 2 rings (SSSR count). The van der Waals surface area contributed by atoms with E-state index in [0.717, 1.165) is 62.7 Å². The predicted octanol–water partition coefficient (Wildman–Crippen LogP) is 2.95. The van der Waals surface area contributed by atoms with Crippen LogP contribution in [0, 0.1) is 6.92 Å². The standard InChI is InChI=1S/C22H35N3O4/c1-4-23-22(24-12-7-5-6-8-21(26)27-3)25-15-18-10-9-17(2)14-20(18)29-19-11-13-28-16-19/h9-10,14,19H,4-8,11-13,15-16H2,1-3H3,(H2,23,24,25). The van der Waals surface area contributed by atoms with Gasteiger partial charge in [-0.1, -0.05) is 18.6 Å². The van der Waals surface area contributed by atoms with E-state index >= 15 is 0 Å². The Balaban J connectivity index is 1.86. The Kier molecular flexibility index (Phi) is 10.3. The molecule has 1 aromatic rings. The second kappa shape index (κ2) is 13.0. The van der Waals surface area contributed by atoms with Gasteiger partial charge < -0.3 is 24.8 Å². The number of guanidine groups is 1. The van der Waals surface area contributed by atoms with E-state index in [1.54, 1.807) is 0 Å². The average molecular weight is 406 g/mol. The van der Waals surface area contributed by atoms with Crippen LogP contribution in [0.3, 0.4) is 0 Å². The van der Waals surface area contributed by atoms with E-state index in [-0.39, 0.29) is 12.1 Å². The zero-order chi connectivity index (χ0) is 20.9. The number of benzene rings is 1. The van der Waals surface area contributed by atoms with Crippen LogP contribution in [0.1, 0.15) is 50.2 Å². The molecule has 1 fully saturated rings. The van der Waals surface area contributed by atoms with Crippen molar-refractivity contribution in [3.63, 3.8) is 0 Å². The Hall–Kier alpha value is -2.28. The number of hydrogen-bond donors (Lipinski definition) is 2. The summed E-state index contributed by atoms with van der Waals surface area (Å²) in [5.74, 6) is 1.53. The predicted molar refractivity (Wildman–Crippen MR) is 114 cm³/mol. The van der Waals surface area contributed by atoms with Crippen molar-refractivity contribution in [3.05, 3.63) is 29.3 Å². The maximum absolute atomic E-state index is 11.1. The van der Waals surface area contributed by atoms with Crippen LogP contribution >= 0.6 is 0 Å². The molecule has 1 aliphatic rings. The summed E-state index contributed by atoms with van der Waals surface area (Å²) < 4.78 is 16.2. The van der Waals surface area contributed by atoms with Crippen molar-refractivity contribution in [3.8, 4) is 5.75 Å². The zero-order valence-corrected chi connectivity index (χ0v) is 18.0. The number of methoxy groups -OCH3 is 1. The van der Waals surface area contributed by atoms with Crippen LogP contribution in [-0.2, 0) is 20.8 Å². The molecular formula is C22H35N3O4. The molecule has 0 amide bonds. The molecule has 0 aromatic heterocycles. The van der Waals surface area contributed by atoms with Crippen molar-refractivity contribution in [2.75, 3.05) is 33.4 Å². The third kappa shape index (κ3) is 8.73. The molecule has 2 N–H and O–H groups in total. The van der Waals surface area contributed by atoms with E-state index < -0.39 is 0 Å². The van der Waals surface area contributed by atoms with Gasteiger partial charge in [-0.05, 0) is 38.3 Å². The number of rotatable bonds is 11. The third-order valence-electron chi connectivity index (χ3n) is 4.73. The minimum atomic E-state index is -0.145. The molecule has 1 aromatic carbocycles. The first-order valence-corrected chi connectivity index (χ1v) is 10.5. The summed E-state index contributed by atoms with van der Waals surface area (Å²) in [7, 11) is 1.43. The van der Waals surface area contributed by atoms with Crippen LogP contribution in [0.4, 0.5) is 0 Å². The highest BCUT2D eigenvalue weighted by Crippen LogP contribution is 2.24. The van der Waals surface area contributed by atoms with Crippen LogP contribution in [0.2, 0.25) is 0 Å². The zero-order valence-electron chi connectivity index (χ0n) is 18.0. The molecule has 0 spiro atoms. The normalized spacial score (nSPS) is 16.5. The molecule has 7 heteroatoms. The first-order valence-electron chi connectivity index (χ1n) is 10.5. The van der Waals surface area contributed by atoms with Gasteiger partial charge in [0, 0.05) is 31.5 Å². The number of nitrogens with one attached hydrogen (secondary N) is 2. The number of carbonyl (C=O) groups excluding carboxylic acids is 1. The van der Waals surface area contributed by atoms with E-state index in [2.05, 4.69) is 40.5 Å². The quantitative estimate of drug-likeness (QED) is 0.255. The van der Waals surface area contributed by atoms with Gasteiger partial charge in [-0.25, -0.2) is 4.99 Å². The summed E-state index contributed by atoms with van der Waals surface area (Å²) in [4.78, 5) is 15.8. The fourth-order valence-corrected chi connectivity index (χ4v) is 3.07. The number of hydrogen-bond acceptors (Lipinski definition) is 5. The van der Waals surface area contributed by atoms with E-state index in [1.165, 1.54) is 12.7 Å². The highest BCUT2D eigenvalue weighted by molar-refractivity contribution is 5.79. The molecule has 29 heavy (non-hydrogen) atoms. The fraction of sp³-hybridized carbons (Fsp3) is 0.636. The lowest BCUT2D eigenvalue weighted by Gasteiger charge is -2.16. The summed E-state index contributed by atoms with van der Waals surface area (Å²) in [6.07, 6.45) is 4.32. The van der Waals surface area contributed by atoms with Crippen LogP contribution in [0.25, 0.3) is 0 Å². The van der Waals surface area contributed by atoms with Crippen molar-refractivity contribution >= 4 is 11.9 Å². The van der Waals surface area contributed by atoms with Crippen LogP contribution in [-0.4, -0.2) is 51.4 Å². The molecule has 1 atom stereocenters. The van der Waals surface area contributed by atoms with Gasteiger partial charge in [-0.2, -0.15) is 0 Å². The van der Waals surface area contributed by atoms with E-state index in [9.17, 15) is 4.79 Å². The number of ether oxygens (including phenoxy) is 3. The molecule has 1 unspecified atom stereocenters. The molecule has 1 aliphatic heterocycles. The number of esters is 1. The summed E-state index contributed by atoms with van der Waals surface area (Å²) in [6.45, 7) is 7.68. The van der Waals surface area contributed by atoms with E-state index in [0.29, 0.717) is 19.6 Å². The lowest BCUT2D eigenvalue weighted by Crippen LogP contribution is -2.37. The monoisotopic (exact) mass is 405 g/mol. The lowest BCUT2D eigenvalue weighted by atomic mass is 10.1. The summed E-state index contributed by atoms with van der Waals surface area (Å²) in [6, 6.07) is 6.25. The van der Waals surface area contributed by atoms with Gasteiger partial charge >= 0.3 is 5.97 Å². The third-order valence-corrected chi connectivity index (χ3v) is 4.73. The SMILES string of the molecule is CCNC(=NCc1ccc(C)cc1OC1CCOC1)NCCCCCC(=O)OC. The van der Waals surface area contributed by atoms with Crippen molar-refractivity contribution in [1.29, 1.82) is 0 Å². The number of nitrogens with zero attached hydrogens (tertiary/aromatic N) is 1. The first kappa shape index (κ1) is 23.0. The average Bonchev–Trinajstić information content (AvgIpc) is 3.22. The van der Waals surface area contributed by atoms with Gasteiger partial charge in [0.05, 0.1) is 26.9 Å². The van der Waals surface area contributed by atoms with Gasteiger partial charge in [-0.15, -0.1) is 0 Å². The van der Waals surface area contributed by atoms with E-state index in [1.807, 2.05) is 6.92 Å². The molecule has 162 valence electrons. The number of aliphatic imine (C=N–C) groups is 1. The lowest BCUT2D eigenvalue weighted by molar-refractivity contribution is -0.140. The van der Waals surface area contributed by atoms with Crippen LogP contribution in [0.15, 0.2) is 23.2 Å². The van der Waals surface area contributed by atoms with Crippen LogP contribution in [0.5, 0.6) is 5.75 Å². The van der Waals surface area contributed by atoms with Gasteiger partial charge in [0.15, 0.2) is 5.96 Å².